The molecule has 270 valence electrons. The lowest BCUT2D eigenvalue weighted by molar-refractivity contribution is 0.0122. The number of methoxy groups -OCH3 is 1. The third-order valence-electron chi connectivity index (χ3n) is 10.9. The first-order valence-electron chi connectivity index (χ1n) is 18.0. The Bertz CT molecular complexity index is 1960. The normalized spacial score (nSPS) is 24.8. The lowest BCUT2D eigenvalue weighted by atomic mass is 9.95. The van der Waals surface area contributed by atoms with Gasteiger partial charge in [0.2, 0.25) is 0 Å². The van der Waals surface area contributed by atoms with Gasteiger partial charge < -0.3 is 23.8 Å². The van der Waals surface area contributed by atoms with Crippen molar-refractivity contribution in [2.75, 3.05) is 51.6 Å². The van der Waals surface area contributed by atoms with Crippen LogP contribution in [0.15, 0.2) is 48.5 Å². The molecule has 4 atom stereocenters. The summed E-state index contributed by atoms with van der Waals surface area (Å²) in [5.74, 6) is 0.605. The van der Waals surface area contributed by atoms with E-state index >= 15 is 4.39 Å². The van der Waals surface area contributed by atoms with Gasteiger partial charge in [-0.1, -0.05) is 30.3 Å². The number of piperazine rings is 1. The van der Waals surface area contributed by atoms with Crippen LogP contribution in [-0.4, -0.2) is 102 Å². The summed E-state index contributed by atoms with van der Waals surface area (Å²) in [6, 6.07) is 15.0. The molecule has 8 rings (SSSR count). The van der Waals surface area contributed by atoms with Crippen LogP contribution in [0.5, 0.6) is 11.8 Å². The van der Waals surface area contributed by atoms with Gasteiger partial charge in [0.25, 0.3) is 0 Å². The first-order chi connectivity index (χ1) is 24.5. The Morgan fingerprint density at radius 2 is 1.76 bits per heavy atom. The quantitative estimate of drug-likeness (QED) is 0.178. The van der Waals surface area contributed by atoms with Gasteiger partial charge in [-0.05, 0) is 87.5 Å². The van der Waals surface area contributed by atoms with Gasteiger partial charge in [-0.25, -0.2) is 13.6 Å². The van der Waals surface area contributed by atoms with Crippen molar-refractivity contribution in [3.8, 4) is 22.9 Å². The van der Waals surface area contributed by atoms with Crippen LogP contribution in [0, 0.1) is 5.82 Å². The van der Waals surface area contributed by atoms with Crippen molar-refractivity contribution >= 4 is 33.6 Å². The van der Waals surface area contributed by atoms with Crippen molar-refractivity contribution in [1.29, 1.82) is 0 Å². The van der Waals surface area contributed by atoms with Crippen molar-refractivity contribution in [3.05, 3.63) is 54.3 Å². The molecule has 0 aliphatic carbocycles. The number of nitrogens with zero attached hydrogens (tertiary/aromatic N) is 5. The molecule has 4 aliphatic rings. The number of amides is 1. The van der Waals surface area contributed by atoms with E-state index in [9.17, 15) is 9.18 Å². The Balaban J connectivity index is 1.20. The highest BCUT2D eigenvalue weighted by molar-refractivity contribution is 6.01. The molecule has 4 aliphatic heterocycles. The zero-order valence-electron chi connectivity index (χ0n) is 29.7. The lowest BCUT2D eigenvalue weighted by Crippen LogP contribution is -2.57. The number of anilines is 1. The van der Waals surface area contributed by atoms with Gasteiger partial charge in [-0.15, -0.1) is 0 Å². The number of benzene rings is 3. The number of alkyl halides is 1. The van der Waals surface area contributed by atoms with Gasteiger partial charge in [0.15, 0.2) is 12.6 Å². The van der Waals surface area contributed by atoms with E-state index in [1.54, 1.807) is 13.2 Å². The second-order valence-electron chi connectivity index (χ2n) is 15.4. The molecule has 1 aromatic heterocycles. The SMILES string of the molecule is COCOc1cc(-c2ccc3c(N4CC5CCC(C4)N5C(=O)OC(C)(C)C)nc(OC[C@@]45CCCN4C[C@H](F)C5)nc3c2F)c2ccccc2c1. The van der Waals surface area contributed by atoms with Gasteiger partial charge >= 0.3 is 12.1 Å². The number of ether oxygens (including phenoxy) is 4. The largest absolute Gasteiger partial charge is 0.468 e. The van der Waals surface area contributed by atoms with Crippen molar-refractivity contribution in [1.82, 2.24) is 19.8 Å². The molecular weight excluding hydrogens is 656 g/mol. The summed E-state index contributed by atoms with van der Waals surface area (Å²) < 4.78 is 54.8. The number of aromatic nitrogens is 2. The zero-order chi connectivity index (χ0) is 35.5. The summed E-state index contributed by atoms with van der Waals surface area (Å²) in [4.78, 5) is 29.1. The average Bonchev–Trinajstić information content (AvgIpc) is 3.72. The van der Waals surface area contributed by atoms with E-state index in [2.05, 4.69) is 9.80 Å². The monoisotopic (exact) mass is 701 g/mol. The number of hydrogen-bond acceptors (Lipinski definition) is 9. The van der Waals surface area contributed by atoms with Crippen LogP contribution in [0.4, 0.5) is 19.4 Å². The predicted octanol–water partition coefficient (Wildman–Crippen LogP) is 7.12. The number of fused-ring (bicyclic) bond motifs is 5. The van der Waals surface area contributed by atoms with Crippen molar-refractivity contribution < 1.29 is 32.5 Å². The van der Waals surface area contributed by atoms with E-state index in [4.69, 9.17) is 28.9 Å². The van der Waals surface area contributed by atoms with Gasteiger partial charge in [-0.3, -0.25) is 9.80 Å². The Labute approximate surface area is 296 Å². The Kier molecular flexibility index (Phi) is 8.65. The number of carbonyl (C=O) groups excluding carboxylic acids is 1. The fourth-order valence-corrected chi connectivity index (χ4v) is 8.69. The highest BCUT2D eigenvalue weighted by Gasteiger charge is 2.50. The molecule has 0 saturated carbocycles. The molecule has 0 radical (unpaired) electrons. The summed E-state index contributed by atoms with van der Waals surface area (Å²) in [7, 11) is 1.55. The topological polar surface area (TPSA) is 89.5 Å². The first kappa shape index (κ1) is 33.8. The summed E-state index contributed by atoms with van der Waals surface area (Å²) in [6.07, 6.45) is 2.66. The van der Waals surface area contributed by atoms with Gasteiger partial charge in [0.1, 0.15) is 35.5 Å². The molecule has 4 saturated heterocycles. The number of hydrogen-bond donors (Lipinski definition) is 0. The molecule has 10 nitrogen and oxygen atoms in total. The Morgan fingerprint density at radius 1 is 0.980 bits per heavy atom. The highest BCUT2D eigenvalue weighted by atomic mass is 19.1. The Hall–Kier alpha value is -4.29. The summed E-state index contributed by atoms with van der Waals surface area (Å²) in [6.45, 7) is 8.14. The Morgan fingerprint density at radius 3 is 2.53 bits per heavy atom. The minimum Gasteiger partial charge on any atom is -0.468 e. The fraction of sp³-hybridized carbons (Fsp3) is 0.513. The average molecular weight is 702 g/mol. The van der Waals surface area contributed by atoms with Crippen LogP contribution < -0.4 is 14.4 Å². The maximum atomic E-state index is 17.1. The van der Waals surface area contributed by atoms with Crippen LogP contribution in [0.1, 0.15) is 52.9 Å². The molecule has 12 heteroatoms. The highest BCUT2D eigenvalue weighted by Crippen LogP contribution is 2.43. The minimum absolute atomic E-state index is 0.0561. The van der Waals surface area contributed by atoms with Crippen molar-refractivity contribution in [2.24, 2.45) is 0 Å². The minimum atomic E-state index is -0.905. The molecule has 2 unspecified atom stereocenters. The number of rotatable bonds is 8. The van der Waals surface area contributed by atoms with Gasteiger partial charge in [0, 0.05) is 44.1 Å². The van der Waals surface area contributed by atoms with Crippen molar-refractivity contribution in [2.45, 2.75) is 82.3 Å². The van der Waals surface area contributed by atoms with Crippen LogP contribution in [-0.2, 0) is 9.47 Å². The lowest BCUT2D eigenvalue weighted by Gasteiger charge is -2.42. The maximum Gasteiger partial charge on any atom is 0.410 e. The third kappa shape index (κ3) is 6.30. The molecule has 5 heterocycles. The van der Waals surface area contributed by atoms with Crippen LogP contribution >= 0.6 is 0 Å². The fourth-order valence-electron chi connectivity index (χ4n) is 8.69. The molecule has 0 N–H and O–H groups in total. The molecule has 4 fully saturated rings. The van der Waals surface area contributed by atoms with Crippen LogP contribution in [0.3, 0.4) is 0 Å². The van der Waals surface area contributed by atoms with E-state index in [0.717, 1.165) is 43.0 Å². The molecular formula is C39H45F2N5O5. The summed E-state index contributed by atoms with van der Waals surface area (Å²) in [5.41, 5.74) is 0.138. The predicted molar refractivity (Wildman–Crippen MR) is 191 cm³/mol. The van der Waals surface area contributed by atoms with E-state index in [1.807, 2.05) is 68.1 Å². The molecule has 4 aromatic rings. The molecule has 51 heavy (non-hydrogen) atoms. The van der Waals surface area contributed by atoms with Crippen LogP contribution in [0.25, 0.3) is 32.8 Å². The van der Waals surface area contributed by atoms with E-state index in [-0.39, 0.29) is 43.1 Å². The van der Waals surface area contributed by atoms with Crippen LogP contribution in [0.2, 0.25) is 0 Å². The molecule has 2 bridgehead atoms. The third-order valence-corrected chi connectivity index (χ3v) is 10.9. The number of halogens is 2. The second-order valence-corrected chi connectivity index (χ2v) is 15.4. The second kappa shape index (κ2) is 13.0. The maximum absolute atomic E-state index is 17.1. The standard InChI is InChI=1S/C39H45F2N5O5/c1-38(2,3)51-37(47)46-26-10-11-27(46)21-44(20-26)35-31-13-12-30(32-17-28(50-23-48-4)16-24-8-5-6-9-29(24)32)33(41)34(31)42-36(43-35)49-22-39-14-7-15-45(39)19-25(40)18-39/h5-6,8-9,12-13,16-17,25-27H,7,10-11,14-15,18-23H2,1-4H3/t25-,26?,27?,39+/m1/s1. The molecule has 3 aromatic carbocycles. The number of carbonyl (C=O) groups is 1. The van der Waals surface area contributed by atoms with E-state index in [1.165, 1.54) is 0 Å². The summed E-state index contributed by atoms with van der Waals surface area (Å²) in [5, 5.41) is 2.31. The zero-order valence-corrected chi connectivity index (χ0v) is 29.7. The summed E-state index contributed by atoms with van der Waals surface area (Å²) >= 11 is 0. The van der Waals surface area contributed by atoms with Gasteiger partial charge in [0.05, 0.1) is 17.6 Å². The smallest absolute Gasteiger partial charge is 0.410 e. The van der Waals surface area contributed by atoms with E-state index in [0.29, 0.717) is 54.1 Å². The van der Waals surface area contributed by atoms with Crippen molar-refractivity contribution in [3.63, 3.8) is 0 Å². The molecule has 0 spiro atoms. The van der Waals surface area contributed by atoms with E-state index < -0.39 is 23.1 Å². The van der Waals surface area contributed by atoms with Gasteiger partial charge in [-0.2, -0.15) is 9.97 Å². The first-order valence-corrected chi connectivity index (χ1v) is 18.0. The molecule has 1 amide bonds.